The third-order valence-corrected chi connectivity index (χ3v) is 0. The SMILES string of the molecule is C=O.C=O.C=O.C=O.C=O.C=O.[Ta]. The van der Waals surface area contributed by atoms with E-state index in [1.54, 1.807) is 0 Å². The van der Waals surface area contributed by atoms with E-state index in [1.807, 2.05) is 40.7 Å². The Balaban J connectivity index is -0.00000000655. The first kappa shape index (κ1) is 60.1. The van der Waals surface area contributed by atoms with Gasteiger partial charge in [0.2, 0.25) is 0 Å². The second kappa shape index (κ2) is 667. The summed E-state index contributed by atoms with van der Waals surface area (Å²) in [5.74, 6) is 0. The molecule has 0 aromatic carbocycles. The molecule has 0 aliphatic heterocycles. The maximum atomic E-state index is 8.00. The Hall–Kier alpha value is -1.24. The van der Waals surface area contributed by atoms with Crippen LogP contribution in [0.2, 0.25) is 0 Å². The zero-order chi connectivity index (χ0) is 12.0. The minimum absolute atomic E-state index is 0. The van der Waals surface area contributed by atoms with Crippen molar-refractivity contribution in [2.45, 2.75) is 0 Å². The van der Waals surface area contributed by atoms with E-state index >= 15 is 0 Å². The molecule has 0 N–H and O–H groups in total. The fourth-order valence-electron chi connectivity index (χ4n) is 0. The van der Waals surface area contributed by atoms with Gasteiger partial charge in [-0.05, 0) is 0 Å². The predicted molar refractivity (Wildman–Crippen MR) is 42.7 cm³/mol. The van der Waals surface area contributed by atoms with E-state index in [0.29, 0.717) is 0 Å². The van der Waals surface area contributed by atoms with Gasteiger partial charge in [0, 0.05) is 22.4 Å². The van der Waals surface area contributed by atoms with Crippen molar-refractivity contribution in [2.24, 2.45) is 0 Å². The smallest absolute Gasteiger partial charge is 0.106 e. The largest absolute Gasteiger partial charge is 0.307 e. The molecule has 0 spiro atoms. The molecule has 0 atom stereocenters. The van der Waals surface area contributed by atoms with Gasteiger partial charge < -0.3 is 28.8 Å². The van der Waals surface area contributed by atoms with E-state index in [4.69, 9.17) is 28.8 Å². The van der Waals surface area contributed by atoms with Crippen LogP contribution in [0.4, 0.5) is 0 Å². The maximum absolute atomic E-state index is 8.00. The third-order valence-electron chi connectivity index (χ3n) is 0. The van der Waals surface area contributed by atoms with Gasteiger partial charge in [0.25, 0.3) is 0 Å². The van der Waals surface area contributed by atoms with Gasteiger partial charge in [0.15, 0.2) is 0 Å². The Labute approximate surface area is 92.2 Å². The van der Waals surface area contributed by atoms with Crippen molar-refractivity contribution in [2.75, 3.05) is 0 Å². The number of hydrogen-bond donors (Lipinski definition) is 0. The molecule has 0 rings (SSSR count). The van der Waals surface area contributed by atoms with Crippen LogP contribution in [0.5, 0.6) is 0 Å². The molecule has 0 aromatic heterocycles. The normalized spacial score (nSPS) is 1.85. The molecule has 0 saturated carbocycles. The van der Waals surface area contributed by atoms with Crippen LogP contribution in [0.25, 0.3) is 0 Å². The molecule has 0 amide bonds. The first-order valence-electron chi connectivity index (χ1n) is 1.73. The van der Waals surface area contributed by atoms with Gasteiger partial charge in [-0.15, -0.1) is 0 Å². The molecular weight excluding hydrogens is 349 g/mol. The van der Waals surface area contributed by atoms with Gasteiger partial charge in [-0.25, -0.2) is 0 Å². The van der Waals surface area contributed by atoms with Crippen molar-refractivity contribution in [1.29, 1.82) is 0 Å². The van der Waals surface area contributed by atoms with Crippen LogP contribution in [0, 0.1) is 0 Å². The van der Waals surface area contributed by atoms with E-state index in [1.165, 1.54) is 0 Å². The number of rotatable bonds is 0. The van der Waals surface area contributed by atoms with Crippen LogP contribution in [0.1, 0.15) is 0 Å². The number of hydrogen-bond acceptors (Lipinski definition) is 6. The fourth-order valence-corrected chi connectivity index (χ4v) is 0. The molecular formula is C6H12O6Ta. The Morgan fingerprint density at radius 3 is 0.308 bits per heavy atom. The molecule has 0 aliphatic rings. The second-order valence-corrected chi connectivity index (χ2v) is 0. The van der Waals surface area contributed by atoms with Gasteiger partial charge in [-0.2, -0.15) is 0 Å². The molecule has 0 unspecified atom stereocenters. The first-order valence-corrected chi connectivity index (χ1v) is 1.73. The Morgan fingerprint density at radius 2 is 0.308 bits per heavy atom. The molecule has 0 bridgehead atoms. The van der Waals surface area contributed by atoms with Crippen LogP contribution < -0.4 is 0 Å². The van der Waals surface area contributed by atoms with Gasteiger partial charge in [0.05, 0.1) is 0 Å². The fraction of sp³-hybridized carbons (Fsp3) is 0. The second-order valence-electron chi connectivity index (χ2n) is 0. The minimum Gasteiger partial charge on any atom is -0.307 e. The first-order chi connectivity index (χ1) is 6.00. The molecule has 0 aliphatic carbocycles. The monoisotopic (exact) mass is 361 g/mol. The summed E-state index contributed by atoms with van der Waals surface area (Å²) in [6, 6.07) is 0. The topological polar surface area (TPSA) is 102 Å². The molecule has 0 aromatic rings. The van der Waals surface area contributed by atoms with Crippen molar-refractivity contribution in [1.82, 2.24) is 0 Å². The van der Waals surface area contributed by atoms with E-state index < -0.39 is 0 Å². The van der Waals surface area contributed by atoms with Crippen LogP contribution in [-0.4, -0.2) is 40.7 Å². The molecule has 0 saturated heterocycles. The Bertz CT molecular complexity index is 32.6. The summed E-state index contributed by atoms with van der Waals surface area (Å²) in [6.45, 7) is 12.0. The molecule has 0 heterocycles. The van der Waals surface area contributed by atoms with Gasteiger partial charge in [-0.3, -0.25) is 0 Å². The Morgan fingerprint density at radius 1 is 0.308 bits per heavy atom. The molecule has 0 fully saturated rings. The van der Waals surface area contributed by atoms with Crippen molar-refractivity contribution in [3.05, 3.63) is 0 Å². The van der Waals surface area contributed by atoms with Gasteiger partial charge in [0.1, 0.15) is 40.7 Å². The maximum Gasteiger partial charge on any atom is 0.106 e. The number of carbonyl (C=O) groups is 6. The standard InChI is InChI=1S/6CH2O.Ta/c6*1-2;/h6*1H2;. The molecule has 13 heavy (non-hydrogen) atoms. The van der Waals surface area contributed by atoms with E-state index in [0.717, 1.165) is 0 Å². The predicted octanol–water partition coefficient (Wildman–Crippen LogP) is -1.11. The average Bonchev–Trinajstić information content (AvgIpc) is 2.33. The molecule has 1 radical (unpaired) electrons. The van der Waals surface area contributed by atoms with Crippen molar-refractivity contribution in [3.8, 4) is 0 Å². The quantitative estimate of drug-likeness (QED) is 0.542. The summed E-state index contributed by atoms with van der Waals surface area (Å²) in [7, 11) is 0. The van der Waals surface area contributed by atoms with Crippen molar-refractivity contribution < 1.29 is 51.1 Å². The minimum atomic E-state index is 0. The summed E-state index contributed by atoms with van der Waals surface area (Å²) in [4.78, 5) is 48.0. The molecule has 6 nitrogen and oxygen atoms in total. The van der Waals surface area contributed by atoms with Crippen LogP contribution >= 0.6 is 0 Å². The third kappa shape index (κ3) is 537. The van der Waals surface area contributed by atoms with Crippen molar-refractivity contribution in [3.63, 3.8) is 0 Å². The summed E-state index contributed by atoms with van der Waals surface area (Å²) in [6.07, 6.45) is 0. The van der Waals surface area contributed by atoms with Crippen LogP contribution in [-0.2, 0) is 51.1 Å². The summed E-state index contributed by atoms with van der Waals surface area (Å²) >= 11 is 0. The van der Waals surface area contributed by atoms with E-state index in [9.17, 15) is 0 Å². The van der Waals surface area contributed by atoms with Crippen LogP contribution in [0.3, 0.4) is 0 Å². The molecule has 77 valence electrons. The average molecular weight is 361 g/mol. The van der Waals surface area contributed by atoms with E-state index in [-0.39, 0.29) is 22.4 Å². The molecule has 7 heteroatoms. The Kier molecular flexibility index (Phi) is 3080. The van der Waals surface area contributed by atoms with Gasteiger partial charge >= 0.3 is 0 Å². The number of carbonyl (C=O) groups excluding carboxylic acids is 6. The zero-order valence-electron chi connectivity index (χ0n) is 7.14. The summed E-state index contributed by atoms with van der Waals surface area (Å²) < 4.78 is 0. The zero-order valence-corrected chi connectivity index (χ0v) is 10.4. The summed E-state index contributed by atoms with van der Waals surface area (Å²) in [5.41, 5.74) is 0. The van der Waals surface area contributed by atoms with Gasteiger partial charge in [-0.1, -0.05) is 0 Å². The van der Waals surface area contributed by atoms with Crippen molar-refractivity contribution >= 4 is 40.7 Å². The van der Waals surface area contributed by atoms with Crippen LogP contribution in [0.15, 0.2) is 0 Å². The van der Waals surface area contributed by atoms with E-state index in [2.05, 4.69) is 0 Å². The summed E-state index contributed by atoms with van der Waals surface area (Å²) in [5, 5.41) is 0.